The van der Waals surface area contributed by atoms with Gasteiger partial charge in [0.1, 0.15) is 11.5 Å². The van der Waals surface area contributed by atoms with Crippen LogP contribution in [0, 0.1) is 11.3 Å². The lowest BCUT2D eigenvalue weighted by molar-refractivity contribution is -0.129. The maximum absolute atomic E-state index is 13.1. The van der Waals surface area contributed by atoms with E-state index in [1.54, 1.807) is 26.6 Å². The topological polar surface area (TPSA) is 76.6 Å². The summed E-state index contributed by atoms with van der Waals surface area (Å²) in [6.07, 6.45) is 6.83. The number of rotatable bonds is 6. The van der Waals surface area contributed by atoms with Crippen molar-refractivity contribution in [2.75, 3.05) is 32.2 Å². The maximum Gasteiger partial charge on any atom is 0.225 e. The number of carbonyl (C=O) groups is 1. The Bertz CT molecular complexity index is 839. The van der Waals surface area contributed by atoms with E-state index in [0.717, 1.165) is 36.4 Å². The van der Waals surface area contributed by atoms with E-state index in [-0.39, 0.29) is 17.2 Å². The van der Waals surface area contributed by atoms with Crippen molar-refractivity contribution in [1.82, 2.24) is 15.3 Å². The Balaban J connectivity index is 1.47. The molecule has 7 nitrogen and oxygen atoms in total. The zero-order valence-electron chi connectivity index (χ0n) is 16.4. The van der Waals surface area contributed by atoms with Crippen molar-refractivity contribution in [1.29, 1.82) is 0 Å². The Morgan fingerprint density at radius 2 is 2.04 bits per heavy atom. The van der Waals surface area contributed by atoms with Crippen LogP contribution in [-0.2, 0) is 11.3 Å². The van der Waals surface area contributed by atoms with E-state index < -0.39 is 0 Å². The summed E-state index contributed by atoms with van der Waals surface area (Å²) >= 11 is 0. The fourth-order valence-electron chi connectivity index (χ4n) is 4.40. The van der Waals surface area contributed by atoms with Gasteiger partial charge in [-0.3, -0.25) is 4.79 Å². The molecule has 1 N–H and O–H groups in total. The monoisotopic (exact) mass is 382 g/mol. The van der Waals surface area contributed by atoms with Crippen molar-refractivity contribution in [3.05, 3.63) is 42.2 Å². The SMILES string of the molecule is COc1ccc(OC)c(CNC(=O)C2CN(c3ncccn3)CC23CCC3)c1. The predicted molar refractivity (Wildman–Crippen MR) is 105 cm³/mol. The minimum Gasteiger partial charge on any atom is -0.497 e. The number of ether oxygens (including phenoxy) is 2. The molecule has 1 aliphatic carbocycles. The standard InChI is InChI=1S/C21H26N4O3/c1-27-16-5-6-18(28-2)15(11-16)12-24-19(26)17-13-25(14-21(17)7-3-8-21)20-22-9-4-10-23-20/h4-6,9-11,17H,3,7-8,12-14H2,1-2H3,(H,24,26). The quantitative estimate of drug-likeness (QED) is 0.827. The first-order valence-electron chi connectivity index (χ1n) is 9.66. The molecule has 2 heterocycles. The lowest BCUT2D eigenvalue weighted by Crippen LogP contribution is -2.45. The molecule has 1 spiro atoms. The van der Waals surface area contributed by atoms with Gasteiger partial charge in [-0.05, 0) is 37.1 Å². The number of methoxy groups -OCH3 is 2. The molecule has 1 aromatic carbocycles. The van der Waals surface area contributed by atoms with Crippen LogP contribution in [0.5, 0.6) is 11.5 Å². The molecule has 2 aliphatic rings. The lowest BCUT2D eigenvalue weighted by Gasteiger charge is -2.41. The largest absolute Gasteiger partial charge is 0.497 e. The van der Waals surface area contributed by atoms with Crippen LogP contribution in [0.2, 0.25) is 0 Å². The van der Waals surface area contributed by atoms with E-state index in [9.17, 15) is 4.79 Å². The number of anilines is 1. The second kappa shape index (κ2) is 7.66. The summed E-state index contributed by atoms with van der Waals surface area (Å²) in [7, 11) is 3.26. The van der Waals surface area contributed by atoms with Crippen LogP contribution in [-0.4, -0.2) is 43.2 Å². The number of hydrogen-bond acceptors (Lipinski definition) is 6. The van der Waals surface area contributed by atoms with Crippen molar-refractivity contribution in [2.24, 2.45) is 11.3 Å². The van der Waals surface area contributed by atoms with Crippen LogP contribution in [0.25, 0.3) is 0 Å². The van der Waals surface area contributed by atoms with Crippen LogP contribution in [0.3, 0.4) is 0 Å². The Kier molecular flexibility index (Phi) is 5.07. The van der Waals surface area contributed by atoms with Crippen LogP contribution in [0.15, 0.2) is 36.7 Å². The Hall–Kier alpha value is -2.83. The molecule has 28 heavy (non-hydrogen) atoms. The van der Waals surface area contributed by atoms with Crippen molar-refractivity contribution in [3.63, 3.8) is 0 Å². The summed E-state index contributed by atoms with van der Waals surface area (Å²) in [5.74, 6) is 2.22. The van der Waals surface area contributed by atoms with Gasteiger partial charge in [0.25, 0.3) is 0 Å². The van der Waals surface area contributed by atoms with Crippen LogP contribution in [0.4, 0.5) is 5.95 Å². The Labute approximate surface area is 165 Å². The Morgan fingerprint density at radius 3 is 2.68 bits per heavy atom. The number of nitrogens with one attached hydrogen (secondary N) is 1. The number of carbonyl (C=O) groups excluding carboxylic acids is 1. The van der Waals surface area contributed by atoms with E-state index in [0.29, 0.717) is 19.0 Å². The number of aromatic nitrogens is 2. The average Bonchev–Trinajstić information content (AvgIpc) is 3.14. The Morgan fingerprint density at radius 1 is 1.25 bits per heavy atom. The van der Waals surface area contributed by atoms with Gasteiger partial charge >= 0.3 is 0 Å². The number of benzene rings is 1. The van der Waals surface area contributed by atoms with E-state index in [1.165, 1.54) is 6.42 Å². The van der Waals surface area contributed by atoms with Crippen LogP contribution in [0.1, 0.15) is 24.8 Å². The zero-order valence-corrected chi connectivity index (χ0v) is 16.4. The van der Waals surface area contributed by atoms with Gasteiger partial charge in [-0.25, -0.2) is 9.97 Å². The summed E-state index contributed by atoms with van der Waals surface area (Å²) in [5, 5.41) is 3.12. The number of nitrogens with zero attached hydrogens (tertiary/aromatic N) is 3. The fraction of sp³-hybridized carbons (Fsp3) is 0.476. The molecule has 1 atom stereocenters. The van der Waals surface area contributed by atoms with Crippen molar-refractivity contribution in [2.45, 2.75) is 25.8 Å². The molecule has 4 rings (SSSR count). The summed E-state index contributed by atoms with van der Waals surface area (Å²) in [5.41, 5.74) is 0.945. The second-order valence-electron chi connectivity index (χ2n) is 7.59. The van der Waals surface area contributed by atoms with Crippen molar-refractivity contribution in [3.8, 4) is 11.5 Å². The molecule has 2 fully saturated rings. The summed E-state index contributed by atoms with van der Waals surface area (Å²) in [6, 6.07) is 7.42. The summed E-state index contributed by atoms with van der Waals surface area (Å²) in [4.78, 5) is 24.0. The molecule has 1 saturated carbocycles. The first kappa shape index (κ1) is 18.5. The smallest absolute Gasteiger partial charge is 0.225 e. The van der Waals surface area contributed by atoms with Gasteiger partial charge < -0.3 is 19.7 Å². The van der Waals surface area contributed by atoms with E-state index >= 15 is 0 Å². The lowest BCUT2D eigenvalue weighted by atomic mass is 9.62. The van der Waals surface area contributed by atoms with E-state index in [4.69, 9.17) is 9.47 Å². The third-order valence-corrected chi connectivity index (χ3v) is 6.09. The molecule has 1 amide bonds. The predicted octanol–water partition coefficient (Wildman–Crippen LogP) is 2.42. The molecular formula is C21H26N4O3. The van der Waals surface area contributed by atoms with Gasteiger partial charge in [0, 0.05) is 43.0 Å². The highest BCUT2D eigenvalue weighted by atomic mass is 16.5. The molecule has 0 bridgehead atoms. The normalized spacial score (nSPS) is 19.9. The number of hydrogen-bond donors (Lipinski definition) is 1. The minimum atomic E-state index is -0.0540. The third-order valence-electron chi connectivity index (χ3n) is 6.09. The highest BCUT2D eigenvalue weighted by Gasteiger charge is 2.53. The molecular weight excluding hydrogens is 356 g/mol. The molecule has 1 aromatic heterocycles. The minimum absolute atomic E-state index is 0.0434. The molecule has 1 unspecified atom stereocenters. The highest BCUT2D eigenvalue weighted by Crippen LogP contribution is 2.52. The molecule has 1 saturated heterocycles. The summed E-state index contributed by atoms with van der Waals surface area (Å²) in [6.45, 7) is 1.91. The van der Waals surface area contributed by atoms with E-state index in [2.05, 4.69) is 20.2 Å². The number of amides is 1. The first-order valence-corrected chi connectivity index (χ1v) is 9.66. The van der Waals surface area contributed by atoms with Gasteiger partial charge in [0.15, 0.2) is 0 Å². The second-order valence-corrected chi connectivity index (χ2v) is 7.59. The van der Waals surface area contributed by atoms with Crippen molar-refractivity contribution >= 4 is 11.9 Å². The fourth-order valence-corrected chi connectivity index (χ4v) is 4.40. The molecule has 2 aromatic rings. The van der Waals surface area contributed by atoms with Crippen LogP contribution < -0.4 is 19.7 Å². The van der Waals surface area contributed by atoms with Crippen LogP contribution >= 0.6 is 0 Å². The van der Waals surface area contributed by atoms with Gasteiger partial charge in [-0.2, -0.15) is 0 Å². The molecule has 148 valence electrons. The van der Waals surface area contributed by atoms with Gasteiger partial charge in [-0.15, -0.1) is 0 Å². The van der Waals surface area contributed by atoms with Gasteiger partial charge in [0.05, 0.1) is 20.1 Å². The summed E-state index contributed by atoms with van der Waals surface area (Å²) < 4.78 is 10.7. The third kappa shape index (κ3) is 3.37. The average molecular weight is 382 g/mol. The highest BCUT2D eigenvalue weighted by molar-refractivity contribution is 5.81. The zero-order chi connectivity index (χ0) is 19.6. The maximum atomic E-state index is 13.1. The van der Waals surface area contributed by atoms with Gasteiger partial charge in [0.2, 0.25) is 11.9 Å². The molecule has 0 radical (unpaired) electrons. The van der Waals surface area contributed by atoms with Gasteiger partial charge in [-0.1, -0.05) is 6.42 Å². The van der Waals surface area contributed by atoms with Crippen molar-refractivity contribution < 1.29 is 14.3 Å². The molecule has 7 heteroatoms. The van der Waals surface area contributed by atoms with E-state index in [1.807, 2.05) is 24.3 Å². The first-order chi connectivity index (χ1) is 13.6. The molecule has 1 aliphatic heterocycles.